The third kappa shape index (κ3) is 4.53. The molecular weight excluding hydrogens is 614 g/mol. The van der Waals surface area contributed by atoms with E-state index in [1.165, 1.54) is 0 Å². The standard InChI is InChI=1S/C21H14BF16OP/c1-40(2,3)6-4-19(20(33,34)35,21(36,37)38)39-22(5-6,7-9(23)13(27)17(31)14(28)10(7)24)8-11(25)15(29)18(32)16(30)12(8)26/h6H,4-5H2,1-3H3/t6-/m1/s1. The maximum absolute atomic E-state index is 15.1. The van der Waals surface area contributed by atoms with Crippen LogP contribution in [0.25, 0.3) is 0 Å². The highest BCUT2D eigenvalue weighted by Crippen LogP contribution is 2.64. The van der Waals surface area contributed by atoms with Gasteiger partial charge in [-0.3, -0.25) is 0 Å². The zero-order valence-corrected chi connectivity index (χ0v) is 20.9. The Morgan fingerprint density at radius 3 is 1.10 bits per heavy atom. The minimum absolute atomic E-state index is 1.05. The van der Waals surface area contributed by atoms with Gasteiger partial charge in [0.25, 0.3) is 0 Å². The molecule has 0 aliphatic carbocycles. The lowest BCUT2D eigenvalue weighted by molar-refractivity contribution is -0.364. The van der Waals surface area contributed by atoms with Crippen molar-refractivity contribution in [2.75, 3.05) is 20.0 Å². The Balaban J connectivity index is 2.75. The molecule has 1 nitrogen and oxygen atoms in total. The molecule has 1 atom stereocenters. The topological polar surface area (TPSA) is 9.23 Å². The second kappa shape index (κ2) is 9.67. The molecule has 19 heteroatoms. The summed E-state index contributed by atoms with van der Waals surface area (Å²) >= 11 is 0. The molecule has 2 aromatic carbocycles. The molecular formula is C21H14BF16OP. The van der Waals surface area contributed by atoms with Gasteiger partial charge in [0.15, 0.2) is 41.3 Å². The van der Waals surface area contributed by atoms with Crippen LogP contribution in [0.3, 0.4) is 0 Å². The van der Waals surface area contributed by atoms with E-state index in [4.69, 9.17) is 0 Å². The fraction of sp³-hybridized carbons (Fsp3) is 0.429. The van der Waals surface area contributed by atoms with Crippen LogP contribution in [0.5, 0.6) is 0 Å². The highest BCUT2D eigenvalue weighted by Gasteiger charge is 2.75. The molecule has 224 valence electrons. The average molecular weight is 628 g/mol. The fourth-order valence-electron chi connectivity index (χ4n) is 4.91. The van der Waals surface area contributed by atoms with Gasteiger partial charge >= 0.3 is 12.4 Å². The third-order valence-corrected chi connectivity index (χ3v) is 9.55. The smallest absolute Gasteiger partial charge is 0.422 e. The van der Waals surface area contributed by atoms with Gasteiger partial charge in [-0.2, -0.15) is 26.3 Å². The Morgan fingerprint density at radius 2 is 0.850 bits per heavy atom. The molecule has 2 aromatic rings. The van der Waals surface area contributed by atoms with Crippen LogP contribution in [0.4, 0.5) is 70.2 Å². The Bertz CT molecular complexity index is 1220. The number of hydrogen-bond acceptors (Lipinski definition) is 1. The van der Waals surface area contributed by atoms with Crippen molar-refractivity contribution in [2.24, 2.45) is 0 Å². The minimum atomic E-state index is -6.67. The Labute approximate surface area is 214 Å². The van der Waals surface area contributed by atoms with Gasteiger partial charge in [0, 0.05) is 39.3 Å². The zero-order valence-electron chi connectivity index (χ0n) is 20.0. The first-order valence-corrected chi connectivity index (χ1v) is 13.9. The summed E-state index contributed by atoms with van der Waals surface area (Å²) in [6.07, 6.45) is -23.0. The summed E-state index contributed by atoms with van der Waals surface area (Å²) in [5.74, 6) is -30.8. The van der Waals surface area contributed by atoms with E-state index in [2.05, 4.69) is 4.65 Å². The van der Waals surface area contributed by atoms with Crippen molar-refractivity contribution in [3.8, 4) is 0 Å². The van der Waals surface area contributed by atoms with Crippen molar-refractivity contribution in [1.29, 1.82) is 0 Å². The van der Waals surface area contributed by atoms with E-state index in [-0.39, 0.29) is 0 Å². The summed E-state index contributed by atoms with van der Waals surface area (Å²) in [6, 6.07) is 0. The molecule has 0 aromatic heterocycles. The van der Waals surface area contributed by atoms with E-state index in [1.807, 2.05) is 0 Å². The number of benzene rings is 2. The summed E-state index contributed by atoms with van der Waals surface area (Å²) in [6.45, 7) is 3.16. The molecule has 0 unspecified atom stereocenters. The lowest BCUT2D eigenvalue weighted by Gasteiger charge is -2.58. The summed E-state index contributed by atoms with van der Waals surface area (Å²) in [4.78, 5) is 0. The van der Waals surface area contributed by atoms with E-state index in [0.717, 1.165) is 20.0 Å². The Hall–Kier alpha value is -2.23. The number of hydrogen-bond donors (Lipinski definition) is 0. The third-order valence-electron chi connectivity index (χ3n) is 6.96. The molecule has 0 bridgehead atoms. The van der Waals surface area contributed by atoms with Crippen molar-refractivity contribution in [1.82, 2.24) is 0 Å². The van der Waals surface area contributed by atoms with Crippen LogP contribution in [0, 0.1) is 58.2 Å². The lowest BCUT2D eigenvalue weighted by atomic mass is 9.27. The lowest BCUT2D eigenvalue weighted by Crippen LogP contribution is -2.77. The van der Waals surface area contributed by atoms with Crippen LogP contribution in [0.1, 0.15) is 6.42 Å². The van der Waals surface area contributed by atoms with Gasteiger partial charge in [-0.15, -0.1) is 6.32 Å². The molecule has 0 amide bonds. The Morgan fingerprint density at radius 1 is 0.575 bits per heavy atom. The van der Waals surface area contributed by atoms with Gasteiger partial charge in [-0.25, -0.2) is 43.9 Å². The molecule has 1 saturated heterocycles. The first-order valence-electron chi connectivity index (χ1n) is 10.7. The molecule has 1 fully saturated rings. The second-order valence-electron chi connectivity index (χ2n) is 10.1. The van der Waals surface area contributed by atoms with Crippen molar-refractivity contribution < 1.29 is 74.9 Å². The predicted octanol–water partition coefficient (Wildman–Crippen LogP) is 6.70. The molecule has 0 radical (unpaired) electrons. The molecule has 1 aliphatic heterocycles. The number of rotatable bonds is 3. The second-order valence-corrected chi connectivity index (χ2v) is 15.0. The molecule has 40 heavy (non-hydrogen) atoms. The maximum atomic E-state index is 15.1. The summed E-state index contributed by atoms with van der Waals surface area (Å²) in [7, 11) is -3.24. The van der Waals surface area contributed by atoms with E-state index in [0.29, 0.717) is 0 Å². The number of alkyl halides is 6. The molecule has 3 rings (SSSR count). The highest BCUT2D eigenvalue weighted by molar-refractivity contribution is 7.74. The van der Waals surface area contributed by atoms with E-state index >= 15 is 17.6 Å². The van der Waals surface area contributed by atoms with Gasteiger partial charge in [0.1, 0.15) is 23.3 Å². The molecule has 1 heterocycles. The summed E-state index contributed by atoms with van der Waals surface area (Å²) in [5, 5.41) is 0. The monoisotopic (exact) mass is 628 g/mol. The first-order chi connectivity index (χ1) is 17.9. The molecule has 0 saturated carbocycles. The minimum Gasteiger partial charge on any atom is -0.564 e. The van der Waals surface area contributed by atoms with Crippen LogP contribution >= 0.6 is 7.26 Å². The van der Waals surface area contributed by atoms with E-state index in [9.17, 15) is 52.7 Å². The first kappa shape index (κ1) is 32.3. The predicted molar refractivity (Wildman–Crippen MR) is 111 cm³/mol. The van der Waals surface area contributed by atoms with Crippen molar-refractivity contribution in [3.05, 3.63) is 58.2 Å². The Kier molecular flexibility index (Phi) is 7.80. The molecule has 0 N–H and O–H groups in total. The van der Waals surface area contributed by atoms with Crippen molar-refractivity contribution in [3.63, 3.8) is 0 Å². The number of halogens is 16. The van der Waals surface area contributed by atoms with Gasteiger partial charge in [0.2, 0.25) is 5.60 Å². The van der Waals surface area contributed by atoms with Crippen LogP contribution < -0.4 is 10.9 Å². The SMILES string of the molecule is C[P+](C)(C)[C@H]1C[B-](c2c(F)c(F)c(F)c(F)c2F)(c2c(F)c(F)c(F)c(F)c2F)OC(C(F)(F)F)(C(F)(F)F)C1. The van der Waals surface area contributed by atoms with Crippen LogP contribution in [0.15, 0.2) is 0 Å². The average Bonchev–Trinajstić information content (AvgIpc) is 2.81. The molecule has 1 aliphatic rings. The normalized spacial score (nSPS) is 19.7. The van der Waals surface area contributed by atoms with Crippen molar-refractivity contribution in [2.45, 2.75) is 36.4 Å². The summed E-state index contributed by atoms with van der Waals surface area (Å²) < 4.78 is 235. The van der Waals surface area contributed by atoms with Gasteiger partial charge in [-0.05, 0) is 0 Å². The van der Waals surface area contributed by atoms with Gasteiger partial charge in [0.05, 0.1) is 0 Å². The maximum Gasteiger partial charge on any atom is 0.422 e. The molecule has 0 spiro atoms. The van der Waals surface area contributed by atoms with Crippen LogP contribution in [-0.4, -0.2) is 50.0 Å². The quantitative estimate of drug-likeness (QED) is 0.121. The van der Waals surface area contributed by atoms with E-state index < -0.39 is 119 Å². The van der Waals surface area contributed by atoms with Crippen LogP contribution in [-0.2, 0) is 4.65 Å². The fourth-order valence-corrected chi connectivity index (χ4v) is 6.65. The van der Waals surface area contributed by atoms with Gasteiger partial charge < -0.3 is 4.65 Å². The van der Waals surface area contributed by atoms with Crippen molar-refractivity contribution >= 4 is 24.5 Å². The highest BCUT2D eigenvalue weighted by atomic mass is 31.2. The van der Waals surface area contributed by atoms with E-state index in [1.54, 1.807) is 0 Å². The largest absolute Gasteiger partial charge is 0.564 e. The van der Waals surface area contributed by atoms with Crippen LogP contribution in [0.2, 0.25) is 6.32 Å². The van der Waals surface area contributed by atoms with Gasteiger partial charge in [-0.1, -0.05) is 10.9 Å². The summed E-state index contributed by atoms with van der Waals surface area (Å²) in [5.41, 5.74) is -13.3. The zero-order chi connectivity index (χ0) is 31.1.